The molecule has 0 heterocycles. The van der Waals surface area contributed by atoms with E-state index in [2.05, 4.69) is 36.5 Å². The van der Waals surface area contributed by atoms with E-state index in [-0.39, 0.29) is 11.3 Å². The van der Waals surface area contributed by atoms with E-state index in [4.69, 9.17) is 0 Å². The zero-order valence-corrected chi connectivity index (χ0v) is 13.5. The third-order valence-electron chi connectivity index (χ3n) is 3.56. The second kappa shape index (κ2) is 8.11. The van der Waals surface area contributed by atoms with Gasteiger partial charge in [0.1, 0.15) is 0 Å². The van der Waals surface area contributed by atoms with Crippen molar-refractivity contribution >= 4 is 10.8 Å². The number of rotatable bonds is 7. The van der Waals surface area contributed by atoms with Gasteiger partial charge in [0.15, 0.2) is 0 Å². The number of nitrogens with one attached hydrogen (secondary N) is 1. The van der Waals surface area contributed by atoms with Crippen molar-refractivity contribution in [3.8, 4) is 0 Å². The average molecular weight is 301 g/mol. The molecule has 3 unspecified atom stereocenters. The Balaban J connectivity index is 2.38. The van der Waals surface area contributed by atoms with Gasteiger partial charge in [-0.25, -0.2) is 0 Å². The number of hydrogen-bond acceptors (Lipinski definition) is 2. The summed E-state index contributed by atoms with van der Waals surface area (Å²) in [4.78, 5) is 0. The fraction of sp³-hybridized carbons (Fsp3) is 0.333. The van der Waals surface area contributed by atoms with Crippen molar-refractivity contribution in [3.63, 3.8) is 0 Å². The maximum atomic E-state index is 12.4. The SMILES string of the molecule is CCCNC(c1ccccc1)C(c1ccccc1)S(C)=O. The second-order valence-corrected chi connectivity index (χ2v) is 6.68. The molecule has 112 valence electrons. The highest BCUT2D eigenvalue weighted by Crippen LogP contribution is 2.33. The van der Waals surface area contributed by atoms with Crippen LogP contribution in [0.3, 0.4) is 0 Å². The van der Waals surface area contributed by atoms with E-state index in [0.29, 0.717) is 0 Å². The van der Waals surface area contributed by atoms with Gasteiger partial charge in [-0.15, -0.1) is 0 Å². The van der Waals surface area contributed by atoms with Gasteiger partial charge in [0.05, 0.1) is 11.3 Å². The molecule has 0 aliphatic rings. The van der Waals surface area contributed by atoms with Crippen molar-refractivity contribution in [2.45, 2.75) is 24.6 Å². The first-order valence-corrected chi connectivity index (χ1v) is 9.01. The fourth-order valence-electron chi connectivity index (χ4n) is 2.58. The van der Waals surface area contributed by atoms with E-state index >= 15 is 0 Å². The molecule has 2 aromatic rings. The minimum Gasteiger partial charge on any atom is -0.309 e. The van der Waals surface area contributed by atoms with Gasteiger partial charge in [-0.2, -0.15) is 0 Å². The standard InChI is InChI=1S/C18H23NOS/c1-3-14-19-17(15-10-6-4-7-11-15)18(21(2)20)16-12-8-5-9-13-16/h4-13,17-19H,3,14H2,1-2H3. The van der Waals surface area contributed by atoms with Gasteiger partial charge in [-0.05, 0) is 24.1 Å². The molecule has 0 saturated carbocycles. The lowest BCUT2D eigenvalue weighted by Gasteiger charge is -2.27. The summed E-state index contributed by atoms with van der Waals surface area (Å²) in [7, 11) is -0.951. The summed E-state index contributed by atoms with van der Waals surface area (Å²) in [6, 6.07) is 20.5. The zero-order chi connectivity index (χ0) is 15.1. The van der Waals surface area contributed by atoms with E-state index in [1.54, 1.807) is 6.26 Å². The van der Waals surface area contributed by atoms with Crippen molar-refractivity contribution in [1.29, 1.82) is 0 Å². The lowest BCUT2D eigenvalue weighted by Crippen LogP contribution is -2.30. The second-order valence-electron chi connectivity index (χ2n) is 5.17. The van der Waals surface area contributed by atoms with Gasteiger partial charge in [-0.1, -0.05) is 67.6 Å². The van der Waals surface area contributed by atoms with Gasteiger partial charge >= 0.3 is 0 Å². The minimum atomic E-state index is -0.951. The van der Waals surface area contributed by atoms with Crippen LogP contribution in [0.25, 0.3) is 0 Å². The lowest BCUT2D eigenvalue weighted by molar-refractivity contribution is 0.512. The first kappa shape index (κ1) is 15.9. The fourth-order valence-corrected chi connectivity index (χ4v) is 3.76. The monoisotopic (exact) mass is 301 g/mol. The van der Waals surface area contributed by atoms with Crippen LogP contribution in [0.2, 0.25) is 0 Å². The Hall–Kier alpha value is -1.45. The molecular formula is C18H23NOS. The Morgan fingerprint density at radius 1 is 0.952 bits per heavy atom. The summed E-state index contributed by atoms with van der Waals surface area (Å²) < 4.78 is 12.4. The molecular weight excluding hydrogens is 278 g/mol. The van der Waals surface area contributed by atoms with Crippen LogP contribution >= 0.6 is 0 Å². The maximum absolute atomic E-state index is 12.4. The first-order valence-electron chi connectivity index (χ1n) is 7.39. The molecule has 0 fully saturated rings. The molecule has 0 spiro atoms. The summed E-state index contributed by atoms with van der Waals surface area (Å²) in [5.41, 5.74) is 2.31. The van der Waals surface area contributed by atoms with Crippen LogP contribution in [0.5, 0.6) is 0 Å². The highest BCUT2D eigenvalue weighted by Gasteiger charge is 2.27. The Morgan fingerprint density at radius 2 is 1.48 bits per heavy atom. The molecule has 0 aliphatic heterocycles. The van der Waals surface area contributed by atoms with E-state index in [1.165, 1.54) is 5.56 Å². The predicted octanol–water partition coefficient (Wildman–Crippen LogP) is 3.85. The van der Waals surface area contributed by atoms with Crippen molar-refractivity contribution in [2.75, 3.05) is 12.8 Å². The van der Waals surface area contributed by atoms with Gasteiger partial charge < -0.3 is 5.32 Å². The third kappa shape index (κ3) is 4.26. The lowest BCUT2D eigenvalue weighted by atomic mass is 9.98. The molecule has 0 aliphatic carbocycles. The van der Waals surface area contributed by atoms with Crippen LogP contribution in [0, 0.1) is 0 Å². The molecule has 1 N–H and O–H groups in total. The zero-order valence-electron chi connectivity index (χ0n) is 12.7. The van der Waals surface area contributed by atoms with Gasteiger partial charge in [0.2, 0.25) is 0 Å². The summed E-state index contributed by atoms with van der Waals surface area (Å²) >= 11 is 0. The smallest absolute Gasteiger partial charge is 0.0789 e. The maximum Gasteiger partial charge on any atom is 0.0789 e. The summed E-state index contributed by atoms with van der Waals surface area (Å²) in [6.07, 6.45) is 2.85. The summed E-state index contributed by atoms with van der Waals surface area (Å²) in [6.45, 7) is 3.07. The van der Waals surface area contributed by atoms with E-state index in [9.17, 15) is 4.21 Å². The van der Waals surface area contributed by atoms with Crippen LogP contribution in [0.4, 0.5) is 0 Å². The van der Waals surface area contributed by atoms with Crippen LogP contribution in [0.1, 0.15) is 35.8 Å². The van der Waals surface area contributed by atoms with Crippen molar-refractivity contribution < 1.29 is 4.21 Å². The highest BCUT2D eigenvalue weighted by molar-refractivity contribution is 7.84. The number of hydrogen-bond donors (Lipinski definition) is 1. The topological polar surface area (TPSA) is 29.1 Å². The Bertz CT molecular complexity index is 556. The molecule has 0 radical (unpaired) electrons. The Kier molecular flexibility index (Phi) is 6.15. The molecule has 3 heteroatoms. The molecule has 2 nitrogen and oxygen atoms in total. The van der Waals surface area contributed by atoms with Crippen molar-refractivity contribution in [2.24, 2.45) is 0 Å². The highest BCUT2D eigenvalue weighted by atomic mass is 32.2. The predicted molar refractivity (Wildman–Crippen MR) is 90.7 cm³/mol. The molecule has 0 saturated heterocycles. The summed E-state index contributed by atoms with van der Waals surface area (Å²) in [5.74, 6) is 0. The molecule has 0 amide bonds. The third-order valence-corrected chi connectivity index (χ3v) is 4.82. The van der Waals surface area contributed by atoms with Gasteiger partial charge in [0.25, 0.3) is 0 Å². The van der Waals surface area contributed by atoms with E-state index in [0.717, 1.165) is 18.5 Å². The molecule has 3 atom stereocenters. The van der Waals surface area contributed by atoms with Crippen LogP contribution in [0.15, 0.2) is 60.7 Å². The van der Waals surface area contributed by atoms with Crippen molar-refractivity contribution in [3.05, 3.63) is 71.8 Å². The Labute approximate surface area is 130 Å². The van der Waals surface area contributed by atoms with Crippen LogP contribution in [-0.4, -0.2) is 17.0 Å². The molecule has 2 rings (SSSR count). The average Bonchev–Trinajstić information content (AvgIpc) is 2.52. The normalized spacial score (nSPS) is 15.3. The quantitative estimate of drug-likeness (QED) is 0.841. The largest absolute Gasteiger partial charge is 0.309 e. The Morgan fingerprint density at radius 3 is 1.95 bits per heavy atom. The van der Waals surface area contributed by atoms with E-state index < -0.39 is 10.8 Å². The molecule has 2 aromatic carbocycles. The van der Waals surface area contributed by atoms with Gasteiger partial charge in [-0.3, -0.25) is 4.21 Å². The van der Waals surface area contributed by atoms with Crippen LogP contribution in [-0.2, 0) is 10.8 Å². The molecule has 0 aromatic heterocycles. The summed E-state index contributed by atoms with van der Waals surface area (Å²) in [5, 5.41) is 3.53. The minimum absolute atomic E-state index is 0.0415. The number of benzene rings is 2. The van der Waals surface area contributed by atoms with Gasteiger partial charge in [0, 0.05) is 17.1 Å². The van der Waals surface area contributed by atoms with E-state index in [1.807, 2.05) is 36.4 Å². The molecule has 0 bridgehead atoms. The first-order chi connectivity index (χ1) is 10.2. The van der Waals surface area contributed by atoms with Crippen LogP contribution < -0.4 is 5.32 Å². The van der Waals surface area contributed by atoms with Crippen molar-refractivity contribution in [1.82, 2.24) is 5.32 Å². The molecule has 21 heavy (non-hydrogen) atoms.